The van der Waals surface area contributed by atoms with Crippen LogP contribution in [0, 0.1) is 11.8 Å². The van der Waals surface area contributed by atoms with E-state index in [1.807, 2.05) is 13.8 Å². The number of allylic oxidation sites excluding steroid dienone is 1. The van der Waals surface area contributed by atoms with Crippen LogP contribution in [0.4, 0.5) is 0 Å². The van der Waals surface area contributed by atoms with E-state index in [4.69, 9.17) is 5.73 Å². The molecule has 2 aliphatic carbocycles. The highest BCUT2D eigenvalue weighted by molar-refractivity contribution is 5.83. The largest absolute Gasteiger partial charge is 0.368 e. The highest BCUT2D eigenvalue weighted by Gasteiger charge is 2.43. The van der Waals surface area contributed by atoms with Gasteiger partial charge in [0, 0.05) is 6.04 Å². The second kappa shape index (κ2) is 3.09. The molecule has 1 amide bonds. The maximum atomic E-state index is 11.1. The van der Waals surface area contributed by atoms with Gasteiger partial charge in [-0.2, -0.15) is 0 Å². The van der Waals surface area contributed by atoms with Crippen molar-refractivity contribution in [2.24, 2.45) is 17.6 Å². The van der Waals surface area contributed by atoms with Crippen molar-refractivity contribution in [3.63, 3.8) is 0 Å². The monoisotopic (exact) mass is 194 g/mol. The van der Waals surface area contributed by atoms with Gasteiger partial charge in [-0.1, -0.05) is 12.2 Å². The number of carbonyl (C=O) groups is 1. The minimum absolute atomic E-state index is 0.275. The van der Waals surface area contributed by atoms with Crippen LogP contribution in [0.1, 0.15) is 26.7 Å². The molecule has 0 aromatic heterocycles. The van der Waals surface area contributed by atoms with Crippen molar-refractivity contribution in [3.8, 4) is 0 Å². The minimum atomic E-state index is -0.577. The molecule has 0 saturated heterocycles. The van der Waals surface area contributed by atoms with Gasteiger partial charge in [-0.3, -0.25) is 4.79 Å². The van der Waals surface area contributed by atoms with E-state index in [1.54, 1.807) is 0 Å². The number of primary amides is 1. The van der Waals surface area contributed by atoms with Crippen molar-refractivity contribution >= 4 is 5.91 Å². The van der Waals surface area contributed by atoms with Crippen LogP contribution in [0.3, 0.4) is 0 Å². The standard InChI is InChI=1S/C11H18N2O/c1-11(2,10(12)14)13-9-6-7-4-3-5-8(7)9/h3,5,7-9,13H,4,6H2,1-2H3,(H2,12,14). The number of nitrogens with one attached hydrogen (secondary N) is 1. The van der Waals surface area contributed by atoms with Crippen LogP contribution >= 0.6 is 0 Å². The van der Waals surface area contributed by atoms with Gasteiger partial charge in [-0.05, 0) is 38.5 Å². The lowest BCUT2D eigenvalue weighted by Gasteiger charge is -2.44. The van der Waals surface area contributed by atoms with Crippen LogP contribution in [-0.2, 0) is 4.79 Å². The summed E-state index contributed by atoms with van der Waals surface area (Å²) in [5.41, 5.74) is 4.74. The van der Waals surface area contributed by atoms with E-state index < -0.39 is 5.54 Å². The second-order valence-corrected chi connectivity index (χ2v) is 4.98. The molecule has 2 rings (SSSR count). The summed E-state index contributed by atoms with van der Waals surface area (Å²) in [5, 5.41) is 3.34. The number of fused-ring (bicyclic) bond motifs is 1. The lowest BCUT2D eigenvalue weighted by molar-refractivity contribution is -0.124. The number of hydrogen-bond acceptors (Lipinski definition) is 2. The van der Waals surface area contributed by atoms with Crippen molar-refractivity contribution in [3.05, 3.63) is 12.2 Å². The van der Waals surface area contributed by atoms with E-state index in [9.17, 15) is 4.79 Å². The third-order valence-corrected chi connectivity index (χ3v) is 3.53. The molecule has 0 bridgehead atoms. The highest BCUT2D eigenvalue weighted by Crippen LogP contribution is 2.43. The molecular weight excluding hydrogens is 176 g/mol. The molecule has 0 spiro atoms. The van der Waals surface area contributed by atoms with E-state index in [2.05, 4.69) is 17.5 Å². The number of carbonyl (C=O) groups excluding carboxylic acids is 1. The smallest absolute Gasteiger partial charge is 0.237 e. The summed E-state index contributed by atoms with van der Waals surface area (Å²) in [5.74, 6) is 1.17. The third-order valence-electron chi connectivity index (χ3n) is 3.53. The molecule has 3 nitrogen and oxygen atoms in total. The minimum Gasteiger partial charge on any atom is -0.368 e. The van der Waals surface area contributed by atoms with Gasteiger partial charge in [0.25, 0.3) is 0 Å². The molecule has 0 radical (unpaired) electrons. The van der Waals surface area contributed by atoms with Gasteiger partial charge < -0.3 is 11.1 Å². The Morgan fingerprint density at radius 1 is 1.57 bits per heavy atom. The van der Waals surface area contributed by atoms with Gasteiger partial charge in [-0.25, -0.2) is 0 Å². The molecule has 0 aromatic carbocycles. The number of rotatable bonds is 3. The highest BCUT2D eigenvalue weighted by atomic mass is 16.1. The second-order valence-electron chi connectivity index (χ2n) is 4.98. The first-order valence-corrected chi connectivity index (χ1v) is 5.25. The van der Waals surface area contributed by atoms with E-state index in [0.717, 1.165) is 5.92 Å². The van der Waals surface area contributed by atoms with Crippen molar-refractivity contribution < 1.29 is 4.79 Å². The van der Waals surface area contributed by atoms with Crippen LogP contribution in [0.2, 0.25) is 0 Å². The van der Waals surface area contributed by atoms with E-state index in [-0.39, 0.29) is 5.91 Å². The molecule has 1 saturated carbocycles. The predicted molar refractivity (Wildman–Crippen MR) is 55.6 cm³/mol. The number of amides is 1. The van der Waals surface area contributed by atoms with Crippen molar-refractivity contribution in [2.75, 3.05) is 0 Å². The Morgan fingerprint density at radius 2 is 2.29 bits per heavy atom. The molecule has 1 fully saturated rings. The van der Waals surface area contributed by atoms with Crippen LogP contribution in [0.5, 0.6) is 0 Å². The molecule has 0 aliphatic heterocycles. The maximum absolute atomic E-state index is 11.1. The van der Waals surface area contributed by atoms with Crippen LogP contribution < -0.4 is 11.1 Å². The summed E-state index contributed by atoms with van der Waals surface area (Å²) in [6.07, 6.45) is 6.89. The lowest BCUT2D eigenvalue weighted by atomic mass is 9.70. The zero-order valence-corrected chi connectivity index (χ0v) is 8.79. The lowest BCUT2D eigenvalue weighted by Crippen LogP contribution is -2.60. The van der Waals surface area contributed by atoms with Gasteiger partial charge in [0.05, 0.1) is 5.54 Å². The maximum Gasteiger partial charge on any atom is 0.237 e. The Labute approximate surface area is 84.7 Å². The fourth-order valence-corrected chi connectivity index (χ4v) is 2.42. The van der Waals surface area contributed by atoms with E-state index in [0.29, 0.717) is 12.0 Å². The predicted octanol–water partition coefficient (Wildman–Crippen LogP) is 0.804. The van der Waals surface area contributed by atoms with Crippen molar-refractivity contribution in [1.82, 2.24) is 5.32 Å². The van der Waals surface area contributed by atoms with Crippen LogP contribution in [0.15, 0.2) is 12.2 Å². The quantitative estimate of drug-likeness (QED) is 0.653. The van der Waals surface area contributed by atoms with Crippen LogP contribution in [0.25, 0.3) is 0 Å². The Balaban J connectivity index is 1.93. The van der Waals surface area contributed by atoms with Gasteiger partial charge >= 0.3 is 0 Å². The zero-order valence-electron chi connectivity index (χ0n) is 8.79. The summed E-state index contributed by atoms with van der Waals surface area (Å²) < 4.78 is 0. The fourth-order valence-electron chi connectivity index (χ4n) is 2.42. The first kappa shape index (κ1) is 9.71. The Hall–Kier alpha value is -0.830. The number of hydrogen-bond donors (Lipinski definition) is 2. The zero-order chi connectivity index (χ0) is 10.3. The Bertz CT molecular complexity index is 283. The summed E-state index contributed by atoms with van der Waals surface area (Å²) in [4.78, 5) is 11.1. The molecule has 78 valence electrons. The molecule has 3 heteroatoms. The van der Waals surface area contributed by atoms with Gasteiger partial charge in [-0.15, -0.1) is 0 Å². The summed E-state index contributed by atoms with van der Waals surface area (Å²) in [7, 11) is 0. The summed E-state index contributed by atoms with van der Waals surface area (Å²) in [6, 6.07) is 0.446. The fraction of sp³-hybridized carbons (Fsp3) is 0.727. The van der Waals surface area contributed by atoms with E-state index in [1.165, 1.54) is 12.8 Å². The molecule has 3 unspecified atom stereocenters. The average molecular weight is 194 g/mol. The Morgan fingerprint density at radius 3 is 2.86 bits per heavy atom. The molecule has 3 N–H and O–H groups in total. The normalized spacial score (nSPS) is 35.1. The first-order chi connectivity index (χ1) is 6.50. The number of nitrogens with two attached hydrogens (primary N) is 1. The van der Waals surface area contributed by atoms with Crippen LogP contribution in [-0.4, -0.2) is 17.5 Å². The summed E-state index contributed by atoms with van der Waals surface area (Å²) in [6.45, 7) is 3.70. The Kier molecular flexibility index (Phi) is 2.14. The third kappa shape index (κ3) is 1.46. The van der Waals surface area contributed by atoms with E-state index >= 15 is 0 Å². The molecule has 0 heterocycles. The van der Waals surface area contributed by atoms with Gasteiger partial charge in [0.1, 0.15) is 0 Å². The topological polar surface area (TPSA) is 55.1 Å². The first-order valence-electron chi connectivity index (χ1n) is 5.25. The summed E-state index contributed by atoms with van der Waals surface area (Å²) >= 11 is 0. The van der Waals surface area contributed by atoms with Gasteiger partial charge in [0.15, 0.2) is 0 Å². The van der Waals surface area contributed by atoms with Crippen molar-refractivity contribution in [2.45, 2.75) is 38.3 Å². The molecule has 2 aliphatic rings. The molecule has 0 aromatic rings. The molecule has 14 heavy (non-hydrogen) atoms. The van der Waals surface area contributed by atoms with Gasteiger partial charge in [0.2, 0.25) is 5.91 Å². The molecule has 3 atom stereocenters. The van der Waals surface area contributed by atoms with Crippen molar-refractivity contribution in [1.29, 1.82) is 0 Å². The SMILES string of the molecule is CC(C)(NC1CC2CC=CC21)C(N)=O. The molecular formula is C11H18N2O. The average Bonchev–Trinajstić information content (AvgIpc) is 2.42.